The molecule has 4 heterocycles. The Hall–Kier alpha value is -3.40. The van der Waals surface area contributed by atoms with Gasteiger partial charge in [0, 0.05) is 18.0 Å². The van der Waals surface area contributed by atoms with Crippen LogP contribution in [-0.4, -0.2) is 59.0 Å². The van der Waals surface area contributed by atoms with Crippen LogP contribution < -0.4 is 0 Å². The topological polar surface area (TPSA) is 121 Å². The Kier molecular flexibility index (Phi) is 5.90. The minimum Gasteiger partial charge on any atom is -0.483 e. The quantitative estimate of drug-likeness (QED) is 0.499. The smallest absolute Gasteiger partial charge is 0.290 e. The highest BCUT2D eigenvalue weighted by Crippen LogP contribution is 2.33. The molecule has 1 aromatic carbocycles. The third kappa shape index (κ3) is 4.24. The van der Waals surface area contributed by atoms with Gasteiger partial charge in [-0.1, -0.05) is 11.6 Å². The van der Waals surface area contributed by atoms with Crippen LogP contribution in [0.25, 0.3) is 21.9 Å². The van der Waals surface area contributed by atoms with Crippen LogP contribution in [0.3, 0.4) is 0 Å². The van der Waals surface area contributed by atoms with Crippen molar-refractivity contribution in [3.63, 3.8) is 0 Å². The van der Waals surface area contributed by atoms with Crippen molar-refractivity contribution in [2.45, 2.75) is 52.3 Å². The Morgan fingerprint density at radius 2 is 2.10 bits per heavy atom. The van der Waals surface area contributed by atoms with Crippen molar-refractivity contribution in [3.8, 4) is 0 Å². The molecule has 4 aromatic rings. The fourth-order valence-corrected chi connectivity index (χ4v) is 4.17. The number of rotatable bonds is 3. The molecule has 5 rings (SSSR count). The van der Waals surface area contributed by atoms with Gasteiger partial charge in [-0.05, 0) is 51.0 Å². The maximum absolute atomic E-state index is 8.36. The number of imidazole rings is 1. The first-order valence-corrected chi connectivity index (χ1v) is 10.2. The van der Waals surface area contributed by atoms with E-state index in [1.807, 2.05) is 13.1 Å². The van der Waals surface area contributed by atoms with Crippen LogP contribution in [0.4, 0.5) is 0 Å². The number of tetrazole rings is 1. The third-order valence-electron chi connectivity index (χ3n) is 5.40. The second kappa shape index (κ2) is 8.76. The number of pyridine rings is 1. The highest BCUT2D eigenvalue weighted by atomic mass is 16.5. The van der Waals surface area contributed by atoms with Crippen molar-refractivity contribution in [1.29, 1.82) is 0 Å². The summed E-state index contributed by atoms with van der Waals surface area (Å²) >= 11 is 0. The van der Waals surface area contributed by atoms with Gasteiger partial charge in [-0.25, -0.2) is 4.98 Å². The lowest BCUT2D eigenvalue weighted by Crippen LogP contribution is -2.27. The molecular formula is C21H25N7O3. The van der Waals surface area contributed by atoms with Crippen LogP contribution in [0.5, 0.6) is 0 Å². The summed E-state index contributed by atoms with van der Waals surface area (Å²) in [6.45, 7) is 7.07. The number of hydrogen-bond acceptors (Lipinski definition) is 7. The number of carbonyl (C=O) groups is 1. The molecule has 0 amide bonds. The number of fused-ring (bicyclic) bond motifs is 3. The summed E-state index contributed by atoms with van der Waals surface area (Å²) in [5.74, 6) is 1.59. The Morgan fingerprint density at radius 3 is 2.81 bits per heavy atom. The maximum Gasteiger partial charge on any atom is 0.290 e. The van der Waals surface area contributed by atoms with E-state index < -0.39 is 0 Å². The Balaban J connectivity index is 0.000000730. The molecule has 1 N–H and O–H groups in total. The number of nitrogens with zero attached hydrogens (tertiary/aromatic N) is 7. The molecule has 0 spiro atoms. The normalized spacial score (nSPS) is 18.7. The van der Waals surface area contributed by atoms with Gasteiger partial charge in [0.2, 0.25) is 0 Å². The van der Waals surface area contributed by atoms with Crippen molar-refractivity contribution in [1.82, 2.24) is 34.7 Å². The molecule has 1 saturated heterocycles. The van der Waals surface area contributed by atoms with E-state index in [9.17, 15) is 0 Å². The summed E-state index contributed by atoms with van der Waals surface area (Å²) < 4.78 is 8.17. The zero-order chi connectivity index (χ0) is 22.0. The van der Waals surface area contributed by atoms with Gasteiger partial charge >= 0.3 is 0 Å². The monoisotopic (exact) mass is 423 g/mol. The molecular weight excluding hydrogens is 398 g/mol. The van der Waals surface area contributed by atoms with Crippen molar-refractivity contribution in [3.05, 3.63) is 41.6 Å². The molecule has 0 saturated carbocycles. The average Bonchev–Trinajstić information content (AvgIpc) is 3.31. The second-order valence-corrected chi connectivity index (χ2v) is 7.74. The molecule has 1 fully saturated rings. The van der Waals surface area contributed by atoms with Crippen LogP contribution in [0.15, 0.2) is 24.4 Å². The molecule has 2 atom stereocenters. The van der Waals surface area contributed by atoms with E-state index in [1.165, 1.54) is 5.56 Å². The summed E-state index contributed by atoms with van der Waals surface area (Å²) in [5, 5.41) is 20.5. The van der Waals surface area contributed by atoms with Gasteiger partial charge in [0.25, 0.3) is 6.47 Å². The molecule has 1 aliphatic rings. The molecule has 0 unspecified atom stereocenters. The standard InChI is InChI=1S/C20H23N7O.CH2O2/c1-12-4-5-17-16(8-12)20-18(10-21-17)22-19(11-26-24-14(3)23-25-26)27(20)15-6-7-28-13(2)9-15;2-1-3/h4-5,8,10,13,15H,6-7,9,11H2,1-3H3;1H,(H,2,3)/t13-,15-;/m1./s1. The van der Waals surface area contributed by atoms with E-state index >= 15 is 0 Å². The van der Waals surface area contributed by atoms with Gasteiger partial charge in [-0.2, -0.15) is 4.80 Å². The number of carboxylic acid groups (broad SMARTS) is 1. The first-order chi connectivity index (χ1) is 15.0. The van der Waals surface area contributed by atoms with Gasteiger partial charge in [0.15, 0.2) is 5.82 Å². The van der Waals surface area contributed by atoms with Crippen molar-refractivity contribution >= 4 is 28.4 Å². The first kappa shape index (κ1) is 20.9. The maximum atomic E-state index is 8.36. The van der Waals surface area contributed by atoms with E-state index in [1.54, 1.807) is 4.80 Å². The van der Waals surface area contributed by atoms with E-state index in [4.69, 9.17) is 19.6 Å². The zero-order valence-corrected chi connectivity index (χ0v) is 17.8. The Bertz CT molecular complexity index is 1220. The molecule has 10 heteroatoms. The highest BCUT2D eigenvalue weighted by Gasteiger charge is 2.26. The third-order valence-corrected chi connectivity index (χ3v) is 5.40. The van der Waals surface area contributed by atoms with Crippen molar-refractivity contribution in [2.75, 3.05) is 6.61 Å². The summed E-state index contributed by atoms with van der Waals surface area (Å²) in [6, 6.07) is 6.70. The van der Waals surface area contributed by atoms with Gasteiger partial charge in [0.1, 0.15) is 17.9 Å². The number of hydrogen-bond donors (Lipinski definition) is 1. The zero-order valence-electron chi connectivity index (χ0n) is 17.8. The van der Waals surface area contributed by atoms with E-state index in [2.05, 4.69) is 57.0 Å². The minimum absolute atomic E-state index is 0.227. The van der Waals surface area contributed by atoms with Crippen LogP contribution >= 0.6 is 0 Å². The second-order valence-electron chi connectivity index (χ2n) is 7.74. The van der Waals surface area contributed by atoms with E-state index in [-0.39, 0.29) is 12.6 Å². The van der Waals surface area contributed by atoms with Crippen LogP contribution in [0.2, 0.25) is 0 Å². The summed E-state index contributed by atoms with van der Waals surface area (Å²) in [5.41, 5.74) is 4.24. The van der Waals surface area contributed by atoms with Crippen molar-refractivity contribution < 1.29 is 14.6 Å². The molecule has 0 aliphatic carbocycles. The number of ether oxygens (including phenoxy) is 1. The molecule has 31 heavy (non-hydrogen) atoms. The SMILES string of the molecule is Cc1ccc2ncc3nc(Cn4nnc(C)n4)n([C@@H]4CCO[C@H](C)C4)c3c2c1.O=CO. The first-order valence-electron chi connectivity index (χ1n) is 10.2. The predicted octanol–water partition coefficient (Wildman–Crippen LogP) is 2.68. The largest absolute Gasteiger partial charge is 0.483 e. The van der Waals surface area contributed by atoms with Gasteiger partial charge in [-0.15, -0.1) is 10.2 Å². The lowest BCUT2D eigenvalue weighted by molar-refractivity contribution is -0.122. The molecule has 3 aromatic heterocycles. The number of aromatic nitrogens is 7. The fraction of sp³-hybridized carbons (Fsp3) is 0.429. The molecule has 0 bridgehead atoms. The summed E-state index contributed by atoms with van der Waals surface area (Å²) in [4.78, 5) is 19.5. The van der Waals surface area contributed by atoms with Crippen LogP contribution in [0.1, 0.15) is 43.0 Å². The van der Waals surface area contributed by atoms with Gasteiger partial charge in [0.05, 0.1) is 23.3 Å². The van der Waals surface area contributed by atoms with Crippen LogP contribution in [0, 0.1) is 13.8 Å². The van der Waals surface area contributed by atoms with Gasteiger partial charge < -0.3 is 14.4 Å². The molecule has 1 aliphatic heterocycles. The summed E-state index contributed by atoms with van der Waals surface area (Å²) in [7, 11) is 0. The fourth-order valence-electron chi connectivity index (χ4n) is 4.17. The molecule has 0 radical (unpaired) electrons. The Morgan fingerprint density at radius 1 is 1.29 bits per heavy atom. The average molecular weight is 423 g/mol. The minimum atomic E-state index is -0.250. The van der Waals surface area contributed by atoms with Crippen LogP contribution in [-0.2, 0) is 16.1 Å². The summed E-state index contributed by atoms with van der Waals surface area (Å²) in [6.07, 6.45) is 4.02. The highest BCUT2D eigenvalue weighted by molar-refractivity contribution is 6.02. The van der Waals surface area contributed by atoms with Crippen molar-refractivity contribution in [2.24, 2.45) is 0 Å². The predicted molar refractivity (Wildman–Crippen MR) is 114 cm³/mol. The lowest BCUT2D eigenvalue weighted by Gasteiger charge is -2.30. The molecule has 10 nitrogen and oxygen atoms in total. The number of aryl methyl sites for hydroxylation is 2. The molecule has 162 valence electrons. The van der Waals surface area contributed by atoms with Gasteiger partial charge in [-0.3, -0.25) is 9.78 Å². The lowest BCUT2D eigenvalue weighted by atomic mass is 10.0. The van der Waals surface area contributed by atoms with E-state index in [0.29, 0.717) is 18.4 Å². The van der Waals surface area contributed by atoms with E-state index in [0.717, 1.165) is 47.2 Å². The Labute approximate surface area is 178 Å². The number of benzene rings is 1.